The molecule has 0 bridgehead atoms. The predicted molar refractivity (Wildman–Crippen MR) is 83.6 cm³/mol. The average Bonchev–Trinajstić information content (AvgIpc) is 3.07. The van der Waals surface area contributed by atoms with E-state index < -0.39 is 11.8 Å². The molecule has 1 atom stereocenters. The van der Waals surface area contributed by atoms with Crippen molar-refractivity contribution in [3.05, 3.63) is 48.2 Å². The molecule has 1 aromatic carbocycles. The molecule has 122 valence electrons. The Balaban J connectivity index is 1.80. The molecule has 2 rings (SSSR count). The summed E-state index contributed by atoms with van der Waals surface area (Å²) < 4.78 is 4.56. The Morgan fingerprint density at radius 3 is 2.57 bits per heavy atom. The first-order valence-electron chi connectivity index (χ1n) is 7.36. The third kappa shape index (κ3) is 5.23. The lowest BCUT2D eigenvalue weighted by Crippen LogP contribution is -2.36. The number of carbonyl (C=O) groups excluding carboxylic acids is 2. The van der Waals surface area contributed by atoms with Crippen molar-refractivity contribution in [2.24, 2.45) is 0 Å². The highest BCUT2D eigenvalue weighted by molar-refractivity contribution is 6.39. The largest absolute Gasteiger partial charge is 0.396 e. The molecule has 0 saturated carbocycles. The molecule has 0 fully saturated rings. The molecule has 0 spiro atoms. The van der Waals surface area contributed by atoms with E-state index in [0.29, 0.717) is 19.4 Å². The Hall–Kier alpha value is -2.67. The van der Waals surface area contributed by atoms with Gasteiger partial charge in [0, 0.05) is 19.2 Å². The molecule has 0 aliphatic carbocycles. The monoisotopic (exact) mass is 317 g/mol. The van der Waals surface area contributed by atoms with E-state index in [9.17, 15) is 14.7 Å². The summed E-state index contributed by atoms with van der Waals surface area (Å²) in [5.74, 6) is -1.21. The number of aliphatic hydroxyl groups excluding tert-OH is 1. The molecular weight excluding hydrogens is 298 g/mol. The fourth-order valence-electron chi connectivity index (χ4n) is 2.25. The van der Waals surface area contributed by atoms with Crippen LogP contribution in [0.2, 0.25) is 0 Å². The van der Waals surface area contributed by atoms with Crippen LogP contribution in [0, 0.1) is 0 Å². The summed E-state index contributed by atoms with van der Waals surface area (Å²) in [6, 6.07) is 11.2. The Kier molecular flexibility index (Phi) is 6.31. The number of hydrogen-bond donors (Lipinski definition) is 3. The van der Waals surface area contributed by atoms with E-state index in [1.165, 1.54) is 12.3 Å². The predicted octanol–water partition coefficient (Wildman–Crippen LogP) is 1.29. The fraction of sp³-hybridized carbons (Fsp3) is 0.312. The summed E-state index contributed by atoms with van der Waals surface area (Å²) in [7, 11) is 0. The second-order valence-corrected chi connectivity index (χ2v) is 5.00. The lowest BCUT2D eigenvalue weighted by molar-refractivity contribution is -0.136. The van der Waals surface area contributed by atoms with Crippen LogP contribution in [0.4, 0.5) is 5.82 Å². The quantitative estimate of drug-likeness (QED) is 0.667. The van der Waals surface area contributed by atoms with Gasteiger partial charge < -0.3 is 14.9 Å². The first-order chi connectivity index (χ1) is 11.2. The molecule has 0 aliphatic rings. The van der Waals surface area contributed by atoms with Gasteiger partial charge in [0.05, 0.1) is 0 Å². The molecule has 2 amide bonds. The van der Waals surface area contributed by atoms with E-state index in [2.05, 4.69) is 20.3 Å². The Labute approximate surface area is 133 Å². The van der Waals surface area contributed by atoms with Gasteiger partial charge in [0.2, 0.25) is 0 Å². The normalized spacial score (nSPS) is 11.7. The van der Waals surface area contributed by atoms with E-state index in [-0.39, 0.29) is 18.3 Å². The van der Waals surface area contributed by atoms with Crippen molar-refractivity contribution >= 4 is 17.6 Å². The van der Waals surface area contributed by atoms with E-state index in [1.54, 1.807) is 0 Å². The number of nitrogens with one attached hydrogen (secondary N) is 2. The maximum Gasteiger partial charge on any atom is 0.314 e. The second-order valence-electron chi connectivity index (χ2n) is 5.00. The molecule has 0 radical (unpaired) electrons. The number of aliphatic hydroxyl groups is 1. The summed E-state index contributed by atoms with van der Waals surface area (Å²) in [6.07, 6.45) is 2.53. The van der Waals surface area contributed by atoms with Crippen LogP contribution < -0.4 is 10.6 Å². The average molecular weight is 317 g/mol. The number of nitrogens with zero attached hydrogens (tertiary/aromatic N) is 1. The number of benzene rings is 1. The third-order valence-corrected chi connectivity index (χ3v) is 3.41. The minimum absolute atomic E-state index is 0.0696. The highest BCUT2D eigenvalue weighted by atomic mass is 16.5. The van der Waals surface area contributed by atoms with Gasteiger partial charge in [-0.3, -0.25) is 14.9 Å². The van der Waals surface area contributed by atoms with E-state index in [0.717, 1.165) is 5.56 Å². The van der Waals surface area contributed by atoms with Crippen molar-refractivity contribution < 1.29 is 19.2 Å². The van der Waals surface area contributed by atoms with Gasteiger partial charge in [0.15, 0.2) is 5.82 Å². The van der Waals surface area contributed by atoms with Crippen LogP contribution >= 0.6 is 0 Å². The second kappa shape index (κ2) is 8.70. The zero-order valence-electron chi connectivity index (χ0n) is 12.6. The number of amides is 2. The number of anilines is 1. The smallest absolute Gasteiger partial charge is 0.314 e. The topological polar surface area (TPSA) is 104 Å². The molecule has 0 unspecified atom stereocenters. The third-order valence-electron chi connectivity index (χ3n) is 3.41. The first kappa shape index (κ1) is 16.7. The van der Waals surface area contributed by atoms with Crippen LogP contribution in [0.25, 0.3) is 0 Å². The van der Waals surface area contributed by atoms with Gasteiger partial charge in [-0.2, -0.15) is 0 Å². The molecule has 1 aromatic heterocycles. The summed E-state index contributed by atoms with van der Waals surface area (Å²) in [6.45, 7) is 0.408. The molecule has 3 N–H and O–H groups in total. The van der Waals surface area contributed by atoms with Crippen molar-refractivity contribution in [1.29, 1.82) is 0 Å². The highest BCUT2D eigenvalue weighted by Gasteiger charge is 2.16. The summed E-state index contributed by atoms with van der Waals surface area (Å²) >= 11 is 0. The van der Waals surface area contributed by atoms with E-state index >= 15 is 0 Å². The van der Waals surface area contributed by atoms with Gasteiger partial charge in [0.1, 0.15) is 6.26 Å². The minimum Gasteiger partial charge on any atom is -0.396 e. The minimum atomic E-state index is -0.794. The SMILES string of the molecule is O=C(NCC[C@@H](CCO)c1ccccc1)C(=O)Nc1ccon1. The van der Waals surface area contributed by atoms with Crippen LogP contribution in [-0.4, -0.2) is 35.2 Å². The Morgan fingerprint density at radius 1 is 1.13 bits per heavy atom. The van der Waals surface area contributed by atoms with E-state index in [1.807, 2.05) is 30.3 Å². The Bertz CT molecular complexity index is 614. The lowest BCUT2D eigenvalue weighted by Gasteiger charge is -2.16. The van der Waals surface area contributed by atoms with Gasteiger partial charge in [-0.15, -0.1) is 0 Å². The van der Waals surface area contributed by atoms with Crippen LogP contribution in [0.5, 0.6) is 0 Å². The maximum atomic E-state index is 11.7. The number of aromatic nitrogens is 1. The van der Waals surface area contributed by atoms with Crippen LogP contribution in [0.3, 0.4) is 0 Å². The zero-order chi connectivity index (χ0) is 16.5. The van der Waals surface area contributed by atoms with Gasteiger partial charge in [-0.25, -0.2) is 0 Å². The van der Waals surface area contributed by atoms with Crippen molar-refractivity contribution in [2.45, 2.75) is 18.8 Å². The summed E-state index contributed by atoms with van der Waals surface area (Å²) in [4.78, 5) is 23.4. The van der Waals surface area contributed by atoms with Gasteiger partial charge in [-0.05, 0) is 24.3 Å². The zero-order valence-corrected chi connectivity index (χ0v) is 12.6. The molecule has 23 heavy (non-hydrogen) atoms. The lowest BCUT2D eigenvalue weighted by atomic mass is 9.93. The fourth-order valence-corrected chi connectivity index (χ4v) is 2.25. The van der Waals surface area contributed by atoms with Crippen molar-refractivity contribution in [3.63, 3.8) is 0 Å². The van der Waals surface area contributed by atoms with Gasteiger partial charge in [0.25, 0.3) is 0 Å². The molecule has 1 heterocycles. The van der Waals surface area contributed by atoms with Crippen LogP contribution in [-0.2, 0) is 9.59 Å². The number of hydrogen-bond acceptors (Lipinski definition) is 5. The molecule has 0 saturated heterocycles. The molecule has 2 aromatic rings. The summed E-state index contributed by atoms with van der Waals surface area (Å²) in [5, 5.41) is 17.6. The Morgan fingerprint density at radius 2 is 1.91 bits per heavy atom. The van der Waals surface area contributed by atoms with Crippen LogP contribution in [0.1, 0.15) is 24.3 Å². The van der Waals surface area contributed by atoms with Crippen LogP contribution in [0.15, 0.2) is 47.2 Å². The van der Waals surface area contributed by atoms with Gasteiger partial charge >= 0.3 is 11.8 Å². The summed E-state index contributed by atoms with van der Waals surface area (Å²) in [5.41, 5.74) is 1.10. The van der Waals surface area contributed by atoms with Gasteiger partial charge in [-0.1, -0.05) is 35.5 Å². The molecule has 7 heteroatoms. The van der Waals surface area contributed by atoms with Crippen molar-refractivity contribution in [1.82, 2.24) is 10.5 Å². The van der Waals surface area contributed by atoms with Crippen molar-refractivity contribution in [2.75, 3.05) is 18.5 Å². The standard InChI is InChI=1S/C16H19N3O4/c20-10-7-13(12-4-2-1-3-5-12)6-9-17-15(21)16(22)18-14-8-11-23-19-14/h1-5,8,11,13,20H,6-7,9-10H2,(H,17,21)(H,18,19,22)/t13-/m0/s1. The highest BCUT2D eigenvalue weighted by Crippen LogP contribution is 2.22. The maximum absolute atomic E-state index is 11.7. The first-order valence-corrected chi connectivity index (χ1v) is 7.36. The number of carbonyl (C=O) groups is 2. The molecule has 0 aliphatic heterocycles. The number of rotatable bonds is 7. The molecule has 7 nitrogen and oxygen atoms in total. The molecular formula is C16H19N3O4. The van der Waals surface area contributed by atoms with Crippen molar-refractivity contribution in [3.8, 4) is 0 Å². The van der Waals surface area contributed by atoms with E-state index in [4.69, 9.17) is 0 Å².